The van der Waals surface area contributed by atoms with Crippen molar-refractivity contribution in [3.63, 3.8) is 0 Å². The van der Waals surface area contributed by atoms with Crippen molar-refractivity contribution in [2.24, 2.45) is 18.6 Å². The summed E-state index contributed by atoms with van der Waals surface area (Å²) in [6.45, 7) is 2.25. The Kier molecular flexibility index (Phi) is 5.26. The van der Waals surface area contributed by atoms with Crippen LogP contribution in [0.5, 0.6) is 0 Å². The molecule has 14 heteroatoms. The van der Waals surface area contributed by atoms with Crippen molar-refractivity contribution in [3.8, 4) is 0 Å². The van der Waals surface area contributed by atoms with E-state index >= 15 is 0 Å². The molecular formula is C28H35N9O5. The molecule has 14 nitrogen and oxygen atoms in total. The summed E-state index contributed by atoms with van der Waals surface area (Å²) in [7, 11) is 1.19. The van der Waals surface area contributed by atoms with Gasteiger partial charge in [0.05, 0.1) is 25.7 Å². The fourth-order valence-corrected chi connectivity index (χ4v) is 5.97. The van der Waals surface area contributed by atoms with E-state index in [9.17, 15) is 19.5 Å². The smallest absolute Gasteiger partial charge is 0.407 e. The molecule has 0 bridgehead atoms. The van der Waals surface area contributed by atoms with E-state index in [4.69, 9.17) is 16.2 Å². The number of primary amides is 1. The van der Waals surface area contributed by atoms with Gasteiger partial charge in [0.2, 0.25) is 5.91 Å². The molecule has 4 heterocycles. The largest absolute Gasteiger partial charge is 0.453 e. The number of rotatable bonds is 7. The predicted molar refractivity (Wildman–Crippen MR) is 154 cm³/mol. The number of nitrogens with zero attached hydrogens (tertiary/aromatic N) is 6. The number of ether oxygens (including phenoxy) is 1. The highest BCUT2D eigenvalue weighted by molar-refractivity contribution is 5.90. The maximum Gasteiger partial charge on any atom is 0.407 e. The van der Waals surface area contributed by atoms with Gasteiger partial charge in [0.1, 0.15) is 28.5 Å². The average molecular weight is 582 g/mol. The number of aliphatic hydroxyl groups is 1. The lowest BCUT2D eigenvalue weighted by Gasteiger charge is -2.16. The van der Waals surface area contributed by atoms with Gasteiger partial charge in [0.25, 0.3) is 0 Å². The van der Waals surface area contributed by atoms with Crippen LogP contribution in [0.4, 0.5) is 16.4 Å². The Morgan fingerprint density at radius 2 is 2.05 bits per heavy atom. The molecule has 0 saturated heterocycles. The SMILES string of the molecule is [2H]C([2H])([2H])n1c(=O)n([C@@H]2CC[C@@]([2H])(NC(=O)OC)C2)c2cc(Nc3ccc4c(C(C)(C)O)nn([C@@]5(C(N)=O)C[C@@H]5C)c4n3)ncc21. The lowest BCUT2D eigenvalue weighted by Crippen LogP contribution is -2.37. The molecule has 0 aromatic carbocycles. The van der Waals surface area contributed by atoms with E-state index in [0.717, 1.165) is 0 Å². The van der Waals surface area contributed by atoms with Crippen LogP contribution in [-0.2, 0) is 27.6 Å². The molecule has 4 aromatic rings. The van der Waals surface area contributed by atoms with Gasteiger partial charge in [-0.1, -0.05) is 6.92 Å². The maximum atomic E-state index is 13.6. The highest BCUT2D eigenvalue weighted by Gasteiger charge is 2.60. The van der Waals surface area contributed by atoms with Crippen LogP contribution in [0.15, 0.2) is 29.2 Å². The zero-order valence-corrected chi connectivity index (χ0v) is 23.6. The quantitative estimate of drug-likeness (QED) is 0.254. The number of amides is 2. The molecule has 0 unspecified atom stereocenters. The molecule has 4 aromatic heterocycles. The Bertz CT molecular complexity index is 1960. The van der Waals surface area contributed by atoms with E-state index < -0.39 is 47.9 Å². The van der Waals surface area contributed by atoms with Crippen molar-refractivity contribution in [2.75, 3.05) is 12.4 Å². The third kappa shape index (κ3) is 4.28. The standard InChI is InChI=1S/C28H35N9O5/c1-14-12-28(14,24(29)38)37-23-17(22(34-37)27(2,3)41)8-9-20(33-23)32-21-11-18-19(13-30-21)35(4)26(40)36(18)16-7-6-15(10-16)31-25(39)42-5/h8-9,11,13-16,41H,6-7,10,12H2,1-5H3,(H2,29,38)(H,31,39)(H,30,32,33)/t14-,15+,16+,28-/m0/s1/i4D3,15D. The van der Waals surface area contributed by atoms with E-state index in [1.807, 2.05) is 6.92 Å². The number of aromatic nitrogens is 6. The van der Waals surface area contributed by atoms with E-state index in [-0.39, 0.29) is 35.6 Å². The molecule has 42 heavy (non-hydrogen) atoms. The Balaban J connectivity index is 1.43. The molecule has 6 rings (SSSR count). The second kappa shape index (κ2) is 9.54. The van der Waals surface area contributed by atoms with Crippen LogP contribution in [0.25, 0.3) is 22.1 Å². The van der Waals surface area contributed by atoms with Crippen molar-refractivity contribution in [2.45, 2.75) is 69.7 Å². The number of carbonyl (C=O) groups is 2. The Morgan fingerprint density at radius 1 is 1.29 bits per heavy atom. The second-order valence-corrected chi connectivity index (χ2v) is 11.6. The zero-order chi connectivity index (χ0) is 33.6. The van der Waals surface area contributed by atoms with Gasteiger partial charge in [-0.05, 0) is 57.6 Å². The van der Waals surface area contributed by atoms with Crippen LogP contribution in [0.1, 0.15) is 63.7 Å². The van der Waals surface area contributed by atoms with E-state index in [2.05, 4.69) is 25.5 Å². The molecule has 0 aliphatic heterocycles. The van der Waals surface area contributed by atoms with Crippen LogP contribution in [0, 0.1) is 5.92 Å². The van der Waals surface area contributed by atoms with Crippen LogP contribution in [-0.4, -0.2) is 59.1 Å². The summed E-state index contributed by atoms with van der Waals surface area (Å²) in [5.74, 6) is -0.115. The van der Waals surface area contributed by atoms with Gasteiger partial charge in [0, 0.05) is 34.6 Å². The first-order chi connectivity index (χ1) is 21.4. The maximum absolute atomic E-state index is 13.6. The van der Waals surface area contributed by atoms with Gasteiger partial charge in [-0.3, -0.25) is 13.9 Å². The fraction of sp³-hybridized carbons (Fsp3) is 0.500. The van der Waals surface area contributed by atoms with Gasteiger partial charge in [0.15, 0.2) is 5.65 Å². The molecule has 2 aliphatic rings. The Morgan fingerprint density at radius 3 is 2.69 bits per heavy atom. The molecule has 5 N–H and O–H groups in total. The number of nitrogens with one attached hydrogen (secondary N) is 2. The summed E-state index contributed by atoms with van der Waals surface area (Å²) in [5, 5.41) is 21.5. The zero-order valence-electron chi connectivity index (χ0n) is 27.6. The van der Waals surface area contributed by atoms with Gasteiger partial charge in [-0.2, -0.15) is 5.10 Å². The highest BCUT2D eigenvalue weighted by atomic mass is 16.5. The molecule has 2 fully saturated rings. The minimum atomic E-state index is -2.81. The number of nitrogens with two attached hydrogens (primary N) is 1. The minimum Gasteiger partial charge on any atom is -0.453 e. The predicted octanol–water partition coefficient (Wildman–Crippen LogP) is 2.12. The van der Waals surface area contributed by atoms with E-state index in [1.54, 1.807) is 26.0 Å². The molecule has 2 aliphatic carbocycles. The number of imidazole rings is 1. The Labute approximate surface area is 246 Å². The monoisotopic (exact) mass is 581 g/mol. The van der Waals surface area contributed by atoms with Crippen LogP contribution in [0.3, 0.4) is 0 Å². The summed E-state index contributed by atoms with van der Waals surface area (Å²) in [6, 6.07) is 2.87. The van der Waals surface area contributed by atoms with E-state index in [1.165, 1.54) is 28.6 Å². The number of pyridine rings is 2. The molecule has 2 saturated carbocycles. The van der Waals surface area contributed by atoms with Gasteiger partial charge in [-0.15, -0.1) is 0 Å². The normalized spacial score (nSPS) is 27.3. The van der Waals surface area contributed by atoms with Crippen molar-refractivity contribution in [1.29, 1.82) is 0 Å². The van der Waals surface area contributed by atoms with Crippen LogP contribution < -0.4 is 22.1 Å². The van der Waals surface area contributed by atoms with Crippen LogP contribution in [0.2, 0.25) is 0 Å². The number of aryl methyl sites for hydroxylation is 1. The van der Waals surface area contributed by atoms with Crippen molar-refractivity contribution >= 4 is 45.7 Å². The lowest BCUT2D eigenvalue weighted by atomic mass is 10.0. The number of methoxy groups -OCH3 is 1. The topological polar surface area (TPSA) is 184 Å². The van der Waals surface area contributed by atoms with Gasteiger partial charge in [-0.25, -0.2) is 24.2 Å². The molecular weight excluding hydrogens is 542 g/mol. The summed E-state index contributed by atoms with van der Waals surface area (Å²) in [4.78, 5) is 47.1. The third-order valence-corrected chi connectivity index (χ3v) is 8.29. The number of anilines is 2. The third-order valence-electron chi connectivity index (χ3n) is 8.29. The molecule has 0 spiro atoms. The average Bonchev–Trinajstić information content (AvgIpc) is 3.21. The number of alkyl carbamates (subject to hydrolysis) is 1. The minimum absolute atomic E-state index is 0.0407. The summed E-state index contributed by atoms with van der Waals surface area (Å²) in [5.41, 5.74) is 3.59. The molecule has 4 atom stereocenters. The fourth-order valence-electron chi connectivity index (χ4n) is 5.97. The molecule has 222 valence electrons. The van der Waals surface area contributed by atoms with Crippen molar-refractivity contribution in [1.82, 2.24) is 34.2 Å². The van der Waals surface area contributed by atoms with Crippen molar-refractivity contribution < 1.29 is 24.9 Å². The van der Waals surface area contributed by atoms with Crippen LogP contribution >= 0.6 is 0 Å². The first-order valence-corrected chi connectivity index (χ1v) is 13.6. The van der Waals surface area contributed by atoms with Gasteiger partial charge >= 0.3 is 11.8 Å². The summed E-state index contributed by atoms with van der Waals surface area (Å²) >= 11 is 0. The Hall–Kier alpha value is -4.46. The first kappa shape index (κ1) is 23.1. The van der Waals surface area contributed by atoms with E-state index in [0.29, 0.717) is 40.0 Å². The number of carbonyl (C=O) groups excluding carboxylic acids is 2. The summed E-state index contributed by atoms with van der Waals surface area (Å²) in [6.07, 6.45) is 1.55. The van der Waals surface area contributed by atoms with Gasteiger partial charge < -0.3 is 26.2 Å². The second-order valence-electron chi connectivity index (χ2n) is 11.6. The molecule has 2 amide bonds. The number of hydrogen-bond acceptors (Lipinski definition) is 9. The summed E-state index contributed by atoms with van der Waals surface area (Å²) < 4.78 is 40.9. The highest BCUT2D eigenvalue weighted by Crippen LogP contribution is 2.51. The van der Waals surface area contributed by atoms with Crippen molar-refractivity contribution in [3.05, 3.63) is 40.6 Å². The molecule has 0 radical (unpaired) electrons. The number of fused-ring (bicyclic) bond motifs is 2. The number of hydrogen-bond donors (Lipinski definition) is 4. The lowest BCUT2D eigenvalue weighted by molar-refractivity contribution is -0.123. The first-order valence-electron chi connectivity index (χ1n) is 15.6.